The number of anilines is 1. The van der Waals surface area contributed by atoms with Gasteiger partial charge in [0.15, 0.2) is 0 Å². The third-order valence-electron chi connectivity index (χ3n) is 3.22. The predicted molar refractivity (Wildman–Crippen MR) is 88.6 cm³/mol. The average Bonchev–Trinajstić information content (AvgIpc) is 2.59. The minimum atomic E-state index is -0.696. The van der Waals surface area contributed by atoms with Crippen LogP contribution in [0.4, 0.5) is 10.5 Å². The number of benzene rings is 2. The zero-order valence-electron chi connectivity index (χ0n) is 13.0. The topological polar surface area (TPSA) is 111 Å². The van der Waals surface area contributed by atoms with E-state index in [0.717, 1.165) is 5.56 Å². The smallest absolute Gasteiger partial charge is 0.337 e. The van der Waals surface area contributed by atoms with E-state index in [4.69, 9.17) is 5.73 Å². The Kier molecular flexibility index (Phi) is 5.51. The molecule has 24 heavy (non-hydrogen) atoms. The van der Waals surface area contributed by atoms with E-state index >= 15 is 0 Å². The molecule has 0 saturated heterocycles. The first kappa shape index (κ1) is 17.0. The number of nitrogens with two attached hydrogens (primary N) is 1. The summed E-state index contributed by atoms with van der Waals surface area (Å²) in [5.74, 6) is -0.704. The summed E-state index contributed by atoms with van der Waals surface area (Å²) in [6.45, 7) is 0.299. The van der Waals surface area contributed by atoms with Crippen molar-refractivity contribution in [3.63, 3.8) is 0 Å². The van der Waals surface area contributed by atoms with Crippen LogP contribution in [0.15, 0.2) is 48.5 Å². The molecule has 124 valence electrons. The Labute approximate surface area is 138 Å². The number of carbonyl (C=O) groups excluding carboxylic acids is 3. The van der Waals surface area contributed by atoms with Gasteiger partial charge in [-0.15, -0.1) is 0 Å². The molecule has 0 bridgehead atoms. The molecule has 7 nitrogen and oxygen atoms in total. The molecular weight excluding hydrogens is 310 g/mol. The van der Waals surface area contributed by atoms with Crippen LogP contribution in [0, 0.1) is 0 Å². The molecule has 3 amide bonds. The first-order valence-electron chi connectivity index (χ1n) is 7.11. The number of hydrogen-bond donors (Lipinski definition) is 3. The number of carbonyl (C=O) groups is 3. The van der Waals surface area contributed by atoms with Gasteiger partial charge in [-0.1, -0.05) is 18.2 Å². The van der Waals surface area contributed by atoms with Crippen molar-refractivity contribution in [2.45, 2.75) is 6.54 Å². The van der Waals surface area contributed by atoms with Crippen LogP contribution < -0.4 is 16.4 Å². The van der Waals surface area contributed by atoms with Gasteiger partial charge in [-0.3, -0.25) is 4.79 Å². The normalized spacial score (nSPS) is 9.88. The molecule has 2 aromatic rings. The van der Waals surface area contributed by atoms with Crippen molar-refractivity contribution in [3.05, 3.63) is 65.2 Å². The molecule has 0 spiro atoms. The van der Waals surface area contributed by atoms with Gasteiger partial charge >= 0.3 is 12.0 Å². The van der Waals surface area contributed by atoms with Crippen LogP contribution in [0.1, 0.15) is 26.3 Å². The minimum absolute atomic E-state index is 0.292. The summed E-state index contributed by atoms with van der Waals surface area (Å²) in [5, 5.41) is 5.17. The van der Waals surface area contributed by atoms with Crippen molar-refractivity contribution in [1.82, 2.24) is 5.32 Å². The number of urea groups is 1. The Balaban J connectivity index is 1.97. The van der Waals surface area contributed by atoms with Crippen LogP contribution in [0.2, 0.25) is 0 Å². The van der Waals surface area contributed by atoms with Crippen LogP contribution in [0.3, 0.4) is 0 Å². The van der Waals surface area contributed by atoms with Gasteiger partial charge < -0.3 is 21.1 Å². The fraction of sp³-hybridized carbons (Fsp3) is 0.118. The molecule has 4 N–H and O–H groups in total. The molecule has 2 aromatic carbocycles. The summed E-state index contributed by atoms with van der Waals surface area (Å²) in [6.07, 6.45) is 0. The molecule has 0 aliphatic heterocycles. The summed E-state index contributed by atoms with van der Waals surface area (Å²) in [6, 6.07) is 12.5. The van der Waals surface area contributed by atoms with Gasteiger partial charge in [0.1, 0.15) is 0 Å². The van der Waals surface area contributed by atoms with Crippen molar-refractivity contribution in [2.75, 3.05) is 12.4 Å². The summed E-state index contributed by atoms with van der Waals surface area (Å²) >= 11 is 0. The van der Waals surface area contributed by atoms with E-state index in [1.165, 1.54) is 13.2 Å². The summed E-state index contributed by atoms with van der Waals surface area (Å²) in [7, 11) is 1.32. The second kappa shape index (κ2) is 7.77. The maximum absolute atomic E-state index is 12.1. The van der Waals surface area contributed by atoms with Gasteiger partial charge in [0.2, 0.25) is 0 Å². The van der Waals surface area contributed by atoms with E-state index in [0.29, 0.717) is 23.4 Å². The van der Waals surface area contributed by atoms with Crippen molar-refractivity contribution in [3.8, 4) is 0 Å². The third-order valence-corrected chi connectivity index (χ3v) is 3.22. The molecule has 0 aliphatic rings. The zero-order chi connectivity index (χ0) is 17.5. The van der Waals surface area contributed by atoms with Gasteiger partial charge in [-0.25, -0.2) is 9.59 Å². The third kappa shape index (κ3) is 4.57. The van der Waals surface area contributed by atoms with Crippen LogP contribution in [-0.4, -0.2) is 25.0 Å². The molecule has 0 heterocycles. The lowest BCUT2D eigenvalue weighted by Crippen LogP contribution is -2.23. The summed E-state index contributed by atoms with van der Waals surface area (Å²) in [4.78, 5) is 34.3. The number of ether oxygens (including phenoxy) is 1. The number of nitrogens with one attached hydrogen (secondary N) is 2. The SMILES string of the molecule is COC(=O)c1ccc(CNC(=O)c2cccc(NC(N)=O)c2)cc1. The molecule has 7 heteroatoms. The minimum Gasteiger partial charge on any atom is -0.465 e. The van der Waals surface area contributed by atoms with E-state index in [1.807, 2.05) is 0 Å². The Morgan fingerprint density at radius 1 is 1.04 bits per heavy atom. The van der Waals surface area contributed by atoms with Gasteiger partial charge in [-0.2, -0.15) is 0 Å². The van der Waals surface area contributed by atoms with Gasteiger partial charge in [-0.05, 0) is 35.9 Å². The van der Waals surface area contributed by atoms with E-state index in [1.54, 1.807) is 42.5 Å². The van der Waals surface area contributed by atoms with E-state index in [2.05, 4.69) is 15.4 Å². The molecule has 0 radical (unpaired) electrons. The van der Waals surface area contributed by atoms with Crippen LogP contribution in [-0.2, 0) is 11.3 Å². The number of hydrogen-bond acceptors (Lipinski definition) is 4. The van der Waals surface area contributed by atoms with Crippen molar-refractivity contribution >= 4 is 23.6 Å². The fourth-order valence-corrected chi connectivity index (χ4v) is 2.04. The Morgan fingerprint density at radius 3 is 2.38 bits per heavy atom. The molecule has 0 aromatic heterocycles. The fourth-order valence-electron chi connectivity index (χ4n) is 2.04. The molecule has 2 rings (SSSR count). The lowest BCUT2D eigenvalue weighted by Gasteiger charge is -2.08. The van der Waals surface area contributed by atoms with Crippen LogP contribution in [0.25, 0.3) is 0 Å². The van der Waals surface area contributed by atoms with Gasteiger partial charge in [0.05, 0.1) is 12.7 Å². The van der Waals surface area contributed by atoms with Crippen molar-refractivity contribution in [1.29, 1.82) is 0 Å². The van der Waals surface area contributed by atoms with Crippen LogP contribution in [0.5, 0.6) is 0 Å². The maximum atomic E-state index is 12.1. The largest absolute Gasteiger partial charge is 0.465 e. The zero-order valence-corrected chi connectivity index (χ0v) is 13.0. The molecule has 0 saturated carbocycles. The van der Waals surface area contributed by atoms with Gasteiger partial charge in [0, 0.05) is 17.8 Å². The standard InChI is InChI=1S/C17H17N3O4/c1-24-16(22)12-7-5-11(6-8-12)10-19-15(21)13-3-2-4-14(9-13)20-17(18)23/h2-9H,10H2,1H3,(H,19,21)(H3,18,20,23). The highest BCUT2D eigenvalue weighted by Crippen LogP contribution is 2.11. The molecule has 0 aliphatic carbocycles. The highest BCUT2D eigenvalue weighted by Gasteiger charge is 2.08. The number of primary amides is 1. The second-order valence-corrected chi connectivity index (χ2v) is 4.94. The Morgan fingerprint density at radius 2 is 1.75 bits per heavy atom. The average molecular weight is 327 g/mol. The Hall–Kier alpha value is -3.35. The van der Waals surface area contributed by atoms with E-state index in [9.17, 15) is 14.4 Å². The van der Waals surface area contributed by atoms with Crippen LogP contribution >= 0.6 is 0 Å². The predicted octanol–water partition coefficient (Wildman–Crippen LogP) is 1.89. The van der Waals surface area contributed by atoms with Gasteiger partial charge in [0.25, 0.3) is 5.91 Å². The monoisotopic (exact) mass is 327 g/mol. The molecular formula is C17H17N3O4. The maximum Gasteiger partial charge on any atom is 0.337 e. The summed E-state index contributed by atoms with van der Waals surface area (Å²) in [5.41, 5.74) is 7.16. The Bertz CT molecular complexity index is 757. The molecule has 0 fully saturated rings. The first-order valence-corrected chi connectivity index (χ1v) is 7.11. The molecule has 0 atom stereocenters. The second-order valence-electron chi connectivity index (χ2n) is 4.94. The molecule has 0 unspecified atom stereocenters. The van der Waals surface area contributed by atoms with E-state index < -0.39 is 12.0 Å². The van der Waals surface area contributed by atoms with E-state index in [-0.39, 0.29) is 5.91 Å². The first-order chi connectivity index (χ1) is 11.5. The number of methoxy groups -OCH3 is 1. The lowest BCUT2D eigenvalue weighted by atomic mass is 10.1. The summed E-state index contributed by atoms with van der Waals surface area (Å²) < 4.78 is 4.62. The quantitative estimate of drug-likeness (QED) is 0.728. The number of rotatable bonds is 5. The lowest BCUT2D eigenvalue weighted by molar-refractivity contribution is 0.0600. The highest BCUT2D eigenvalue weighted by molar-refractivity contribution is 5.96. The van der Waals surface area contributed by atoms with Crippen molar-refractivity contribution < 1.29 is 19.1 Å². The number of esters is 1. The van der Waals surface area contributed by atoms with Crippen molar-refractivity contribution in [2.24, 2.45) is 5.73 Å². The number of amides is 3. The highest BCUT2D eigenvalue weighted by atomic mass is 16.5.